The molecule has 3 aromatic rings. The third kappa shape index (κ3) is 7.99. The van der Waals surface area contributed by atoms with Gasteiger partial charge in [0.25, 0.3) is 12.4 Å². The Morgan fingerprint density at radius 2 is 1.82 bits per heavy atom. The summed E-state index contributed by atoms with van der Waals surface area (Å²) in [4.78, 5) is 22.2. The van der Waals surface area contributed by atoms with E-state index >= 15 is 0 Å². The van der Waals surface area contributed by atoms with E-state index in [1.165, 1.54) is 23.6 Å². The van der Waals surface area contributed by atoms with Gasteiger partial charge in [0.05, 0.1) is 29.1 Å². The van der Waals surface area contributed by atoms with Crippen LogP contribution >= 0.6 is 0 Å². The molecule has 2 aliphatic rings. The van der Waals surface area contributed by atoms with Crippen molar-refractivity contribution in [3.05, 3.63) is 65.4 Å². The molecule has 0 unspecified atom stereocenters. The monoisotopic (exact) mass is 626 g/mol. The normalized spacial score (nSPS) is 17.7. The van der Waals surface area contributed by atoms with Crippen LogP contribution in [0.4, 0.5) is 5.69 Å². The zero-order valence-electron chi connectivity index (χ0n) is 25.7. The van der Waals surface area contributed by atoms with Crippen molar-refractivity contribution in [3.8, 4) is 0 Å². The van der Waals surface area contributed by atoms with Gasteiger partial charge in [0, 0.05) is 42.8 Å². The summed E-state index contributed by atoms with van der Waals surface area (Å²) < 4.78 is 29.8. The van der Waals surface area contributed by atoms with Crippen LogP contribution in [-0.2, 0) is 34.2 Å². The minimum atomic E-state index is -3.52. The van der Waals surface area contributed by atoms with E-state index < -0.39 is 22.2 Å². The fraction of sp³-hybridized carbons (Fsp3) is 0.515. The van der Waals surface area contributed by atoms with Crippen LogP contribution in [0.1, 0.15) is 73.9 Å². The molecule has 1 fully saturated rings. The molecule has 0 radical (unpaired) electrons. The van der Waals surface area contributed by atoms with Crippen molar-refractivity contribution in [1.29, 1.82) is 0 Å². The number of carbonyl (C=O) groups is 2. The second-order valence-electron chi connectivity index (χ2n) is 11.7. The van der Waals surface area contributed by atoms with Gasteiger partial charge in [-0.1, -0.05) is 62.9 Å². The van der Waals surface area contributed by atoms with Crippen LogP contribution in [0.25, 0.3) is 10.9 Å². The molecule has 11 heteroatoms. The van der Waals surface area contributed by atoms with Crippen molar-refractivity contribution in [2.45, 2.75) is 89.9 Å². The van der Waals surface area contributed by atoms with Crippen LogP contribution in [0, 0.1) is 0 Å². The molecule has 1 amide bonds. The Hall–Kier alpha value is -3.41. The zero-order chi connectivity index (χ0) is 31.7. The van der Waals surface area contributed by atoms with Gasteiger partial charge in [0.1, 0.15) is 0 Å². The lowest BCUT2D eigenvalue weighted by Gasteiger charge is -2.29. The Kier molecular flexibility index (Phi) is 11.8. The van der Waals surface area contributed by atoms with E-state index in [0.29, 0.717) is 43.3 Å². The Balaban J connectivity index is 0.00000141. The standard InChI is InChI=1S/C32H44N4O4S.CH2O2/c1-3-11-24-22-35-16-17-41(39,40)36(4-2)29-20-25(19-27(24)31(29)35)32(38)34-28(18-23-12-7-5-8-13-23)30(37)21-33-26-14-9-6-10-15-26;2-1-3/h5,7-8,12-13,19-20,22,26,28,30,33,37H,3-4,6,9-11,14-18,21H2,1-2H3,(H,34,38);1H,(H,2,3)/t28-,30+;/m0./s1. The largest absolute Gasteiger partial charge is 0.483 e. The van der Waals surface area contributed by atoms with Gasteiger partial charge in [-0.25, -0.2) is 8.42 Å². The van der Waals surface area contributed by atoms with Crippen LogP contribution in [0.3, 0.4) is 0 Å². The van der Waals surface area contributed by atoms with Crippen molar-refractivity contribution >= 4 is 39.0 Å². The highest BCUT2D eigenvalue weighted by atomic mass is 32.2. The van der Waals surface area contributed by atoms with Gasteiger partial charge in [0.2, 0.25) is 10.0 Å². The lowest BCUT2D eigenvalue weighted by Crippen LogP contribution is -2.50. The number of nitrogens with one attached hydrogen (secondary N) is 2. The first-order valence-electron chi connectivity index (χ1n) is 15.7. The van der Waals surface area contributed by atoms with Crippen LogP contribution in [0.2, 0.25) is 0 Å². The number of aromatic nitrogens is 1. The molecule has 2 heterocycles. The predicted molar refractivity (Wildman–Crippen MR) is 174 cm³/mol. The van der Waals surface area contributed by atoms with Crippen molar-refractivity contribution in [2.24, 2.45) is 0 Å². The highest BCUT2D eigenvalue weighted by Gasteiger charge is 2.31. The van der Waals surface area contributed by atoms with Crippen molar-refractivity contribution in [1.82, 2.24) is 15.2 Å². The van der Waals surface area contributed by atoms with E-state index in [1.54, 1.807) is 6.07 Å². The van der Waals surface area contributed by atoms with Crippen LogP contribution < -0.4 is 14.9 Å². The summed E-state index contributed by atoms with van der Waals surface area (Å²) in [6.45, 7) is 4.77. The molecule has 1 aliphatic heterocycles. The first-order valence-corrected chi connectivity index (χ1v) is 17.3. The fourth-order valence-corrected chi connectivity index (χ4v) is 7.91. The maximum Gasteiger partial charge on any atom is 0.290 e. The third-order valence-corrected chi connectivity index (χ3v) is 10.4. The molecule has 0 spiro atoms. The first-order chi connectivity index (χ1) is 21.2. The van der Waals surface area contributed by atoms with Gasteiger partial charge >= 0.3 is 0 Å². The smallest absolute Gasteiger partial charge is 0.290 e. The van der Waals surface area contributed by atoms with Crippen LogP contribution in [0.15, 0.2) is 48.7 Å². The van der Waals surface area contributed by atoms with E-state index in [-0.39, 0.29) is 18.1 Å². The molecule has 1 saturated carbocycles. The maximum absolute atomic E-state index is 13.9. The minimum Gasteiger partial charge on any atom is -0.483 e. The summed E-state index contributed by atoms with van der Waals surface area (Å²) >= 11 is 0. The highest BCUT2D eigenvalue weighted by molar-refractivity contribution is 7.92. The van der Waals surface area contributed by atoms with E-state index in [4.69, 9.17) is 9.90 Å². The molecule has 1 aliphatic carbocycles. The highest BCUT2D eigenvalue weighted by Crippen LogP contribution is 2.36. The quantitative estimate of drug-likeness (QED) is 0.235. The van der Waals surface area contributed by atoms with Crippen LogP contribution in [0.5, 0.6) is 0 Å². The van der Waals surface area contributed by atoms with E-state index in [2.05, 4.69) is 17.6 Å². The first kappa shape index (κ1) is 33.5. The van der Waals surface area contributed by atoms with Gasteiger partial charge in [-0.05, 0) is 55.9 Å². The molecule has 2 aromatic carbocycles. The lowest BCUT2D eigenvalue weighted by atomic mass is 9.94. The molecule has 240 valence electrons. The molecule has 1 aromatic heterocycles. The summed E-state index contributed by atoms with van der Waals surface area (Å²) in [7, 11) is -3.52. The van der Waals surface area contributed by atoms with Gasteiger partial charge in [-0.2, -0.15) is 0 Å². The molecule has 10 nitrogen and oxygen atoms in total. The number of aliphatic hydroxyl groups is 1. The maximum atomic E-state index is 13.9. The number of anilines is 1. The summed E-state index contributed by atoms with van der Waals surface area (Å²) in [5.41, 5.74) is 3.97. The number of hydrogen-bond donors (Lipinski definition) is 4. The topological polar surface area (TPSA) is 141 Å². The Bertz CT molecular complexity index is 1500. The molecular formula is C33H46N4O6S. The summed E-state index contributed by atoms with van der Waals surface area (Å²) in [5.74, 6) is -0.292. The number of nitrogens with zero attached hydrogens (tertiary/aromatic N) is 2. The molecule has 5 rings (SSSR count). The van der Waals surface area contributed by atoms with Crippen molar-refractivity contribution < 1.29 is 28.2 Å². The van der Waals surface area contributed by atoms with Crippen molar-refractivity contribution in [3.63, 3.8) is 0 Å². The zero-order valence-corrected chi connectivity index (χ0v) is 26.6. The van der Waals surface area contributed by atoms with Crippen molar-refractivity contribution in [2.75, 3.05) is 23.1 Å². The second kappa shape index (κ2) is 15.5. The average molecular weight is 627 g/mol. The number of hydrogen-bond acceptors (Lipinski definition) is 6. The Morgan fingerprint density at radius 1 is 1.11 bits per heavy atom. The number of carboxylic acid groups (broad SMARTS) is 1. The predicted octanol–water partition coefficient (Wildman–Crippen LogP) is 4.09. The van der Waals surface area contributed by atoms with Gasteiger partial charge < -0.3 is 25.4 Å². The molecule has 0 bridgehead atoms. The number of rotatable bonds is 11. The molecule has 0 saturated heterocycles. The number of sulfonamides is 1. The average Bonchev–Trinajstić information content (AvgIpc) is 3.32. The number of aliphatic hydroxyl groups excluding tert-OH is 1. The van der Waals surface area contributed by atoms with E-state index in [1.807, 2.05) is 54.1 Å². The molecule has 44 heavy (non-hydrogen) atoms. The van der Waals surface area contributed by atoms with Gasteiger partial charge in [-0.3, -0.25) is 13.9 Å². The Labute approximate surface area is 260 Å². The summed E-state index contributed by atoms with van der Waals surface area (Å²) in [6.07, 6.45) is 9.44. The lowest BCUT2D eigenvalue weighted by molar-refractivity contribution is -0.122. The van der Waals surface area contributed by atoms with Gasteiger partial charge in [0.15, 0.2) is 0 Å². The number of aryl methyl sites for hydroxylation is 2. The minimum absolute atomic E-state index is 0.0196. The number of benzene rings is 2. The number of carbonyl (C=O) groups excluding carboxylic acids is 1. The summed E-state index contributed by atoms with van der Waals surface area (Å²) in [6, 6.07) is 13.4. The Morgan fingerprint density at radius 3 is 2.48 bits per heavy atom. The molecule has 2 atom stereocenters. The third-order valence-electron chi connectivity index (χ3n) is 8.60. The second-order valence-corrected chi connectivity index (χ2v) is 13.7. The fourth-order valence-electron chi connectivity index (χ4n) is 6.43. The van der Waals surface area contributed by atoms with Gasteiger partial charge in [-0.15, -0.1) is 0 Å². The van der Waals surface area contributed by atoms with Crippen LogP contribution in [-0.4, -0.2) is 72.6 Å². The summed E-state index contributed by atoms with van der Waals surface area (Å²) in [5, 5.41) is 25.8. The van der Waals surface area contributed by atoms with E-state index in [9.17, 15) is 18.3 Å². The SMILES string of the molecule is CCCc1cn2c3c(cc(C(=O)N[C@@H](Cc4ccccc4)[C@H](O)CNC4CCCCC4)cc13)N(CC)S(=O)(=O)CC2.O=CO. The molecule has 4 N–H and O–H groups in total. The molecular weight excluding hydrogens is 580 g/mol. The number of amides is 1. The van der Waals surface area contributed by atoms with E-state index in [0.717, 1.165) is 47.7 Å².